The van der Waals surface area contributed by atoms with E-state index in [1.807, 2.05) is 62.4 Å². The Hall–Kier alpha value is -2.07. The molecule has 0 aliphatic carbocycles. The van der Waals surface area contributed by atoms with Crippen molar-refractivity contribution in [3.63, 3.8) is 0 Å². The van der Waals surface area contributed by atoms with Gasteiger partial charge in [0.2, 0.25) is 5.91 Å². The quantitative estimate of drug-likeness (QED) is 0.771. The van der Waals surface area contributed by atoms with Crippen LogP contribution in [0.4, 0.5) is 5.69 Å². The fraction of sp³-hybridized carbons (Fsp3) is 0.167. The molecule has 2 aromatic carbocycles. The molecule has 0 saturated carbocycles. The molecule has 0 aliphatic heterocycles. The topological polar surface area (TPSA) is 38.3 Å². The van der Waals surface area contributed by atoms with Crippen molar-refractivity contribution in [3.05, 3.63) is 64.6 Å². The standard InChI is InChI=1S/C18H18BrNO2/c1-13(2)22-17-5-3-4-14(12-17)6-11-18(21)20-16-9-7-15(19)8-10-16/h3-13H,1-2H3,(H,20,21)/b11-6+. The van der Waals surface area contributed by atoms with Gasteiger partial charge >= 0.3 is 0 Å². The fourth-order valence-electron chi connectivity index (χ4n) is 1.85. The molecule has 0 bridgehead atoms. The third-order valence-corrected chi connectivity index (χ3v) is 3.30. The van der Waals surface area contributed by atoms with Crippen molar-refractivity contribution < 1.29 is 9.53 Å². The summed E-state index contributed by atoms with van der Waals surface area (Å²) in [6.07, 6.45) is 3.40. The molecule has 0 saturated heterocycles. The van der Waals surface area contributed by atoms with Crippen LogP contribution in [-0.2, 0) is 4.79 Å². The normalized spacial score (nSPS) is 10.9. The number of anilines is 1. The van der Waals surface area contributed by atoms with Crippen LogP contribution in [0.2, 0.25) is 0 Å². The third-order valence-electron chi connectivity index (χ3n) is 2.77. The Morgan fingerprint density at radius 1 is 1.18 bits per heavy atom. The summed E-state index contributed by atoms with van der Waals surface area (Å²) >= 11 is 3.36. The van der Waals surface area contributed by atoms with Crippen molar-refractivity contribution in [2.75, 3.05) is 5.32 Å². The maximum Gasteiger partial charge on any atom is 0.248 e. The number of nitrogens with one attached hydrogen (secondary N) is 1. The molecule has 0 radical (unpaired) electrons. The van der Waals surface area contributed by atoms with E-state index in [1.165, 1.54) is 6.08 Å². The number of carbonyl (C=O) groups is 1. The number of halogens is 1. The lowest BCUT2D eigenvalue weighted by molar-refractivity contribution is -0.111. The van der Waals surface area contributed by atoms with Crippen LogP contribution in [0.25, 0.3) is 6.08 Å². The summed E-state index contributed by atoms with van der Waals surface area (Å²) < 4.78 is 6.60. The minimum absolute atomic E-state index is 0.125. The summed E-state index contributed by atoms with van der Waals surface area (Å²) in [7, 11) is 0. The van der Waals surface area contributed by atoms with Crippen LogP contribution in [0, 0.1) is 0 Å². The molecule has 22 heavy (non-hydrogen) atoms. The molecule has 0 fully saturated rings. The smallest absolute Gasteiger partial charge is 0.248 e. The van der Waals surface area contributed by atoms with Gasteiger partial charge in [0, 0.05) is 16.2 Å². The minimum atomic E-state index is -0.169. The predicted molar refractivity (Wildman–Crippen MR) is 94.0 cm³/mol. The van der Waals surface area contributed by atoms with E-state index < -0.39 is 0 Å². The van der Waals surface area contributed by atoms with Gasteiger partial charge in [-0.25, -0.2) is 0 Å². The van der Waals surface area contributed by atoms with Crippen LogP contribution < -0.4 is 10.1 Å². The molecule has 2 rings (SSSR count). The molecule has 3 nitrogen and oxygen atoms in total. The zero-order chi connectivity index (χ0) is 15.9. The molecule has 0 spiro atoms. The lowest BCUT2D eigenvalue weighted by atomic mass is 10.2. The third kappa shape index (κ3) is 5.37. The van der Waals surface area contributed by atoms with Gasteiger partial charge in [0.15, 0.2) is 0 Å². The molecule has 0 aliphatic rings. The van der Waals surface area contributed by atoms with Crippen molar-refractivity contribution in [1.29, 1.82) is 0 Å². The van der Waals surface area contributed by atoms with Crippen LogP contribution in [0.1, 0.15) is 19.4 Å². The maximum atomic E-state index is 11.9. The number of ether oxygens (including phenoxy) is 1. The first-order chi connectivity index (χ1) is 10.5. The highest BCUT2D eigenvalue weighted by molar-refractivity contribution is 9.10. The number of rotatable bonds is 5. The molecular weight excluding hydrogens is 342 g/mol. The Morgan fingerprint density at radius 3 is 2.59 bits per heavy atom. The molecule has 1 N–H and O–H groups in total. The van der Waals surface area contributed by atoms with E-state index in [2.05, 4.69) is 21.2 Å². The van der Waals surface area contributed by atoms with E-state index in [9.17, 15) is 4.79 Å². The lowest BCUT2D eigenvalue weighted by Crippen LogP contribution is -2.07. The summed E-state index contributed by atoms with van der Waals surface area (Å²) in [6, 6.07) is 15.1. The highest BCUT2D eigenvalue weighted by Gasteiger charge is 2.00. The van der Waals surface area contributed by atoms with Crippen molar-refractivity contribution in [1.82, 2.24) is 0 Å². The highest BCUT2D eigenvalue weighted by atomic mass is 79.9. The second kappa shape index (κ2) is 7.80. The molecule has 2 aromatic rings. The second-order valence-electron chi connectivity index (χ2n) is 5.07. The average molecular weight is 360 g/mol. The van der Waals surface area contributed by atoms with Crippen LogP contribution in [0.3, 0.4) is 0 Å². The van der Waals surface area contributed by atoms with Gasteiger partial charge in [-0.3, -0.25) is 4.79 Å². The SMILES string of the molecule is CC(C)Oc1cccc(/C=C/C(=O)Nc2ccc(Br)cc2)c1. The molecule has 1 amide bonds. The number of amides is 1. The Kier molecular flexibility index (Phi) is 5.78. The average Bonchev–Trinajstić information content (AvgIpc) is 2.47. The Bertz CT molecular complexity index is 663. The molecule has 0 heterocycles. The largest absolute Gasteiger partial charge is 0.491 e. The number of hydrogen-bond acceptors (Lipinski definition) is 2. The number of carbonyl (C=O) groups excluding carboxylic acids is 1. The van der Waals surface area contributed by atoms with E-state index in [1.54, 1.807) is 6.08 Å². The predicted octanol–water partition coefficient (Wildman–Crippen LogP) is 4.89. The first kappa shape index (κ1) is 16.3. The first-order valence-electron chi connectivity index (χ1n) is 7.04. The van der Waals surface area contributed by atoms with E-state index in [4.69, 9.17) is 4.74 Å². The van der Waals surface area contributed by atoms with E-state index in [-0.39, 0.29) is 12.0 Å². The molecule has 4 heteroatoms. The molecule has 0 atom stereocenters. The Balaban J connectivity index is 1.98. The number of hydrogen-bond donors (Lipinski definition) is 1. The Morgan fingerprint density at radius 2 is 1.91 bits per heavy atom. The van der Waals surface area contributed by atoms with E-state index >= 15 is 0 Å². The zero-order valence-electron chi connectivity index (χ0n) is 12.5. The van der Waals surface area contributed by atoms with Crippen molar-refractivity contribution in [2.45, 2.75) is 20.0 Å². The van der Waals surface area contributed by atoms with Crippen molar-refractivity contribution in [2.24, 2.45) is 0 Å². The highest BCUT2D eigenvalue weighted by Crippen LogP contribution is 2.16. The van der Waals surface area contributed by atoms with Crippen molar-refractivity contribution in [3.8, 4) is 5.75 Å². The van der Waals surface area contributed by atoms with Gasteiger partial charge in [-0.2, -0.15) is 0 Å². The summed E-state index contributed by atoms with van der Waals surface area (Å²) in [6.45, 7) is 3.96. The second-order valence-corrected chi connectivity index (χ2v) is 5.98. The van der Waals surface area contributed by atoms with Gasteiger partial charge in [-0.15, -0.1) is 0 Å². The Labute approximate surface area is 139 Å². The first-order valence-corrected chi connectivity index (χ1v) is 7.83. The van der Waals surface area contributed by atoms with E-state index in [0.717, 1.165) is 21.5 Å². The van der Waals surface area contributed by atoms with Crippen LogP contribution in [0.15, 0.2) is 59.1 Å². The summed E-state index contributed by atoms with van der Waals surface area (Å²) in [5, 5.41) is 2.81. The molecule has 0 unspecified atom stereocenters. The summed E-state index contributed by atoms with van der Waals surface area (Å²) in [5.41, 5.74) is 1.68. The van der Waals surface area contributed by atoms with Gasteiger partial charge < -0.3 is 10.1 Å². The van der Waals surface area contributed by atoms with Crippen LogP contribution in [-0.4, -0.2) is 12.0 Å². The van der Waals surface area contributed by atoms with Gasteiger partial charge in [0.25, 0.3) is 0 Å². The summed E-state index contributed by atoms with van der Waals surface area (Å²) in [4.78, 5) is 11.9. The lowest BCUT2D eigenvalue weighted by Gasteiger charge is -2.09. The molecule has 114 valence electrons. The zero-order valence-corrected chi connectivity index (χ0v) is 14.1. The van der Waals surface area contributed by atoms with Crippen LogP contribution >= 0.6 is 15.9 Å². The van der Waals surface area contributed by atoms with Gasteiger partial charge in [0.05, 0.1) is 6.10 Å². The summed E-state index contributed by atoms with van der Waals surface area (Å²) in [5.74, 6) is 0.628. The minimum Gasteiger partial charge on any atom is -0.491 e. The van der Waals surface area contributed by atoms with Crippen molar-refractivity contribution >= 4 is 33.6 Å². The van der Waals surface area contributed by atoms with Gasteiger partial charge in [0.1, 0.15) is 5.75 Å². The number of benzene rings is 2. The fourth-order valence-corrected chi connectivity index (χ4v) is 2.12. The van der Waals surface area contributed by atoms with Gasteiger partial charge in [-0.1, -0.05) is 28.1 Å². The van der Waals surface area contributed by atoms with Crippen LogP contribution in [0.5, 0.6) is 5.75 Å². The van der Waals surface area contributed by atoms with Gasteiger partial charge in [-0.05, 0) is 61.9 Å². The monoisotopic (exact) mass is 359 g/mol. The molecular formula is C18H18BrNO2. The van der Waals surface area contributed by atoms with E-state index in [0.29, 0.717) is 0 Å². The maximum absolute atomic E-state index is 11.9. The molecule has 0 aromatic heterocycles.